The topological polar surface area (TPSA) is 80.3 Å². The lowest BCUT2D eigenvalue weighted by Gasteiger charge is -2.06. The predicted octanol–water partition coefficient (Wildman–Crippen LogP) is 2.97. The lowest BCUT2D eigenvalue weighted by atomic mass is 10.1. The molecule has 7 heteroatoms. The van der Waals surface area contributed by atoms with Crippen LogP contribution in [0.3, 0.4) is 0 Å². The van der Waals surface area contributed by atoms with Crippen molar-refractivity contribution in [2.24, 2.45) is 0 Å². The van der Waals surface area contributed by atoms with Gasteiger partial charge in [0.25, 0.3) is 0 Å². The van der Waals surface area contributed by atoms with E-state index in [9.17, 15) is 9.59 Å². The van der Waals surface area contributed by atoms with E-state index in [-0.39, 0.29) is 31.5 Å². The SMILES string of the molecule is CCOC(=O)COc1ccc2c(c1)OC(=Cc1ccc3c(c1)OCO3)C2=O. The van der Waals surface area contributed by atoms with Crippen LogP contribution in [0.1, 0.15) is 22.8 Å². The average Bonchev–Trinajstić information content (AvgIpc) is 3.25. The number of hydrogen-bond donors (Lipinski definition) is 0. The van der Waals surface area contributed by atoms with Crippen LogP contribution >= 0.6 is 0 Å². The maximum Gasteiger partial charge on any atom is 0.344 e. The van der Waals surface area contributed by atoms with Gasteiger partial charge in [-0.1, -0.05) is 6.07 Å². The lowest BCUT2D eigenvalue weighted by Crippen LogP contribution is -2.14. The van der Waals surface area contributed by atoms with Crippen LogP contribution in [0.5, 0.6) is 23.0 Å². The van der Waals surface area contributed by atoms with Gasteiger partial charge in [-0.05, 0) is 42.8 Å². The molecule has 2 aliphatic rings. The van der Waals surface area contributed by atoms with Gasteiger partial charge in [0, 0.05) is 6.07 Å². The Morgan fingerprint density at radius 1 is 1.11 bits per heavy atom. The molecule has 2 aliphatic heterocycles. The number of ether oxygens (including phenoxy) is 5. The second-order valence-corrected chi connectivity index (χ2v) is 5.80. The Kier molecular flexibility index (Phi) is 4.42. The molecule has 7 nitrogen and oxygen atoms in total. The van der Waals surface area contributed by atoms with Crippen LogP contribution in [0, 0.1) is 0 Å². The molecular weight excluding hydrogens is 352 g/mol. The molecule has 0 N–H and O–H groups in total. The molecule has 0 saturated carbocycles. The smallest absolute Gasteiger partial charge is 0.344 e. The minimum atomic E-state index is -0.460. The first-order valence-electron chi connectivity index (χ1n) is 8.40. The Hall–Kier alpha value is -3.48. The summed E-state index contributed by atoms with van der Waals surface area (Å²) in [5.41, 5.74) is 1.19. The third-order valence-electron chi connectivity index (χ3n) is 4.00. The molecule has 138 valence electrons. The van der Waals surface area contributed by atoms with Crippen molar-refractivity contribution in [2.45, 2.75) is 6.92 Å². The van der Waals surface area contributed by atoms with Crippen LogP contribution in [0.25, 0.3) is 6.08 Å². The van der Waals surface area contributed by atoms with E-state index in [1.54, 1.807) is 43.3 Å². The number of carbonyl (C=O) groups excluding carboxylic acids is 2. The average molecular weight is 368 g/mol. The third-order valence-corrected chi connectivity index (χ3v) is 4.00. The van der Waals surface area contributed by atoms with Gasteiger partial charge in [0.05, 0.1) is 12.2 Å². The van der Waals surface area contributed by atoms with Crippen molar-refractivity contribution in [1.82, 2.24) is 0 Å². The molecule has 0 atom stereocenters. The molecular formula is C20H16O7. The molecule has 0 radical (unpaired) electrons. The first-order valence-corrected chi connectivity index (χ1v) is 8.40. The molecule has 0 amide bonds. The Morgan fingerprint density at radius 3 is 2.81 bits per heavy atom. The molecule has 0 bridgehead atoms. The molecule has 2 aromatic carbocycles. The minimum absolute atomic E-state index is 0.185. The second kappa shape index (κ2) is 7.03. The van der Waals surface area contributed by atoms with E-state index in [0.717, 1.165) is 5.56 Å². The number of rotatable bonds is 5. The minimum Gasteiger partial charge on any atom is -0.482 e. The number of ketones is 1. The van der Waals surface area contributed by atoms with Crippen molar-refractivity contribution in [3.05, 3.63) is 53.3 Å². The highest BCUT2D eigenvalue weighted by Crippen LogP contribution is 2.37. The summed E-state index contributed by atoms with van der Waals surface area (Å²) in [5, 5.41) is 0. The van der Waals surface area contributed by atoms with Gasteiger partial charge in [-0.3, -0.25) is 4.79 Å². The van der Waals surface area contributed by atoms with Gasteiger partial charge in [-0.2, -0.15) is 0 Å². The summed E-state index contributed by atoms with van der Waals surface area (Å²) >= 11 is 0. The van der Waals surface area contributed by atoms with E-state index in [2.05, 4.69) is 0 Å². The van der Waals surface area contributed by atoms with E-state index in [4.69, 9.17) is 23.7 Å². The van der Waals surface area contributed by atoms with Crippen LogP contribution in [0.15, 0.2) is 42.2 Å². The van der Waals surface area contributed by atoms with Gasteiger partial charge in [0.1, 0.15) is 11.5 Å². The maximum absolute atomic E-state index is 12.5. The standard InChI is InChI=1S/C20H16O7/c1-2-23-19(21)10-24-13-4-5-14-16(9-13)27-18(20(14)22)8-12-3-6-15-17(7-12)26-11-25-15/h3-9H,2,10-11H2,1H3. The second-order valence-electron chi connectivity index (χ2n) is 5.80. The summed E-state index contributed by atoms with van der Waals surface area (Å²) in [6.45, 7) is 1.99. The summed E-state index contributed by atoms with van der Waals surface area (Å²) in [6.07, 6.45) is 1.64. The number of Topliss-reactive ketones (excluding diaryl/α,β-unsaturated/α-hetero) is 1. The van der Waals surface area contributed by atoms with E-state index in [0.29, 0.717) is 28.6 Å². The van der Waals surface area contributed by atoms with Crippen LogP contribution in [0.4, 0.5) is 0 Å². The van der Waals surface area contributed by atoms with Crippen molar-refractivity contribution in [1.29, 1.82) is 0 Å². The molecule has 0 unspecified atom stereocenters. The van der Waals surface area contributed by atoms with Gasteiger partial charge < -0.3 is 23.7 Å². The summed E-state index contributed by atoms with van der Waals surface area (Å²) in [5.74, 6) is 1.61. The molecule has 0 fully saturated rings. The van der Waals surface area contributed by atoms with Gasteiger partial charge in [-0.25, -0.2) is 4.79 Å². The normalized spacial score (nSPS) is 15.4. The molecule has 2 aromatic rings. The summed E-state index contributed by atoms with van der Waals surface area (Å²) < 4.78 is 26.5. The Balaban J connectivity index is 1.51. The van der Waals surface area contributed by atoms with Crippen molar-refractivity contribution < 1.29 is 33.3 Å². The quantitative estimate of drug-likeness (QED) is 0.593. The Morgan fingerprint density at radius 2 is 1.96 bits per heavy atom. The first kappa shape index (κ1) is 17.0. The molecule has 0 spiro atoms. The van der Waals surface area contributed by atoms with Gasteiger partial charge in [-0.15, -0.1) is 0 Å². The molecule has 2 heterocycles. The van der Waals surface area contributed by atoms with Crippen molar-refractivity contribution >= 4 is 17.8 Å². The molecule has 0 saturated heterocycles. The maximum atomic E-state index is 12.5. The van der Waals surface area contributed by atoms with E-state index < -0.39 is 5.97 Å². The molecule has 4 rings (SSSR count). The molecule has 27 heavy (non-hydrogen) atoms. The Labute approximate surface area is 155 Å². The molecule has 0 aromatic heterocycles. The number of fused-ring (bicyclic) bond motifs is 2. The van der Waals surface area contributed by atoms with Crippen molar-refractivity contribution in [3.8, 4) is 23.0 Å². The monoisotopic (exact) mass is 368 g/mol. The number of hydrogen-bond acceptors (Lipinski definition) is 7. The lowest BCUT2D eigenvalue weighted by molar-refractivity contribution is -0.145. The van der Waals surface area contributed by atoms with Crippen LogP contribution in [-0.2, 0) is 9.53 Å². The van der Waals surface area contributed by atoms with E-state index >= 15 is 0 Å². The molecule has 0 aliphatic carbocycles. The number of esters is 1. The first-order chi connectivity index (χ1) is 13.1. The number of benzene rings is 2. The van der Waals surface area contributed by atoms with Gasteiger partial charge >= 0.3 is 5.97 Å². The largest absolute Gasteiger partial charge is 0.482 e. The highest BCUT2D eigenvalue weighted by atomic mass is 16.7. The van der Waals surface area contributed by atoms with Crippen LogP contribution in [-0.4, -0.2) is 31.8 Å². The zero-order chi connectivity index (χ0) is 18.8. The van der Waals surface area contributed by atoms with Crippen LogP contribution < -0.4 is 18.9 Å². The highest BCUT2D eigenvalue weighted by molar-refractivity contribution is 6.14. The van der Waals surface area contributed by atoms with Gasteiger partial charge in [0.2, 0.25) is 12.6 Å². The Bertz CT molecular complexity index is 945. The summed E-state index contributed by atoms with van der Waals surface area (Å²) in [4.78, 5) is 23.9. The fraction of sp³-hybridized carbons (Fsp3) is 0.200. The summed E-state index contributed by atoms with van der Waals surface area (Å²) in [7, 11) is 0. The fourth-order valence-electron chi connectivity index (χ4n) is 2.76. The zero-order valence-corrected chi connectivity index (χ0v) is 14.5. The summed E-state index contributed by atoms with van der Waals surface area (Å²) in [6, 6.07) is 10.2. The third kappa shape index (κ3) is 3.44. The van der Waals surface area contributed by atoms with Crippen molar-refractivity contribution in [3.63, 3.8) is 0 Å². The fourth-order valence-corrected chi connectivity index (χ4v) is 2.76. The number of carbonyl (C=O) groups is 2. The van der Waals surface area contributed by atoms with Crippen molar-refractivity contribution in [2.75, 3.05) is 20.0 Å². The zero-order valence-electron chi connectivity index (χ0n) is 14.5. The predicted molar refractivity (Wildman–Crippen MR) is 94.1 cm³/mol. The number of allylic oxidation sites excluding steroid dienone is 1. The van der Waals surface area contributed by atoms with E-state index in [1.165, 1.54) is 0 Å². The van der Waals surface area contributed by atoms with E-state index in [1.807, 2.05) is 6.07 Å². The highest BCUT2D eigenvalue weighted by Gasteiger charge is 2.28. The van der Waals surface area contributed by atoms with Crippen LogP contribution in [0.2, 0.25) is 0 Å². The van der Waals surface area contributed by atoms with Gasteiger partial charge in [0.15, 0.2) is 23.9 Å².